The molecule has 0 aliphatic carbocycles. The Kier molecular flexibility index (Phi) is 9.52. The summed E-state index contributed by atoms with van der Waals surface area (Å²) in [4.78, 5) is 15.4. The highest BCUT2D eigenvalue weighted by atomic mass is 16.5. The number of aliphatic hydroxyl groups is 1. The molecule has 1 amide bonds. The quantitative estimate of drug-likeness (QED) is 0.471. The van der Waals surface area contributed by atoms with Gasteiger partial charge in [0.2, 0.25) is 5.91 Å². The Morgan fingerprint density at radius 2 is 1.75 bits per heavy atom. The van der Waals surface area contributed by atoms with Gasteiger partial charge in [-0.05, 0) is 7.05 Å². The molecule has 0 saturated carbocycles. The van der Waals surface area contributed by atoms with E-state index in [2.05, 4.69) is 22.2 Å². The smallest absolute Gasteiger partial charge is 0.245 e. The van der Waals surface area contributed by atoms with E-state index in [0.717, 1.165) is 39.3 Å². The second-order valence-electron chi connectivity index (χ2n) is 4.88. The van der Waals surface area contributed by atoms with Crippen LogP contribution >= 0.6 is 0 Å². The van der Waals surface area contributed by atoms with Gasteiger partial charge in [0.05, 0.1) is 26.4 Å². The van der Waals surface area contributed by atoms with Gasteiger partial charge in [-0.2, -0.15) is 0 Å². The number of nitrogens with one attached hydrogen (secondary N) is 1. The van der Waals surface area contributed by atoms with Crippen LogP contribution < -0.4 is 5.32 Å². The van der Waals surface area contributed by atoms with Crippen LogP contribution in [0, 0.1) is 0 Å². The van der Waals surface area contributed by atoms with Gasteiger partial charge >= 0.3 is 0 Å². The third-order valence-electron chi connectivity index (χ3n) is 3.23. The third-order valence-corrected chi connectivity index (χ3v) is 3.23. The number of rotatable bonds is 10. The van der Waals surface area contributed by atoms with Gasteiger partial charge in [0.15, 0.2) is 0 Å². The minimum absolute atomic E-state index is 0.378. The first kappa shape index (κ1) is 17.3. The first-order chi connectivity index (χ1) is 9.72. The standard InChI is InChI=1S/C13H27N3O4/c1-15-3-5-16(6-4-15)7-9-20-11-10-19-8-2-14-13(18)12-17/h17H,2-12H2,1H3,(H,14,18). The number of hydrogen-bond acceptors (Lipinski definition) is 6. The Labute approximate surface area is 120 Å². The number of ether oxygens (including phenoxy) is 2. The molecule has 1 heterocycles. The molecule has 7 heteroatoms. The van der Waals surface area contributed by atoms with Crippen molar-refractivity contribution < 1.29 is 19.4 Å². The molecule has 20 heavy (non-hydrogen) atoms. The molecule has 2 N–H and O–H groups in total. The van der Waals surface area contributed by atoms with E-state index in [4.69, 9.17) is 14.6 Å². The number of carbonyl (C=O) groups is 1. The average molecular weight is 289 g/mol. The molecule has 7 nitrogen and oxygen atoms in total. The minimum Gasteiger partial charge on any atom is -0.387 e. The Hall–Kier alpha value is -0.730. The van der Waals surface area contributed by atoms with Crippen molar-refractivity contribution in [3.63, 3.8) is 0 Å². The Bertz CT molecular complexity index is 258. The van der Waals surface area contributed by atoms with Gasteiger partial charge in [-0.1, -0.05) is 0 Å². The summed E-state index contributed by atoms with van der Waals surface area (Å²) in [5.41, 5.74) is 0. The van der Waals surface area contributed by atoms with Crippen LogP contribution in [-0.4, -0.2) is 100 Å². The van der Waals surface area contributed by atoms with Crippen LogP contribution in [0.25, 0.3) is 0 Å². The lowest BCUT2D eigenvalue weighted by Gasteiger charge is -2.32. The zero-order valence-corrected chi connectivity index (χ0v) is 12.3. The van der Waals surface area contributed by atoms with Crippen molar-refractivity contribution in [1.82, 2.24) is 15.1 Å². The van der Waals surface area contributed by atoms with Gasteiger partial charge < -0.3 is 24.8 Å². The van der Waals surface area contributed by atoms with Crippen LogP contribution in [0.1, 0.15) is 0 Å². The van der Waals surface area contributed by atoms with Crippen LogP contribution in [0.5, 0.6) is 0 Å². The lowest BCUT2D eigenvalue weighted by atomic mass is 10.3. The number of aliphatic hydroxyl groups excluding tert-OH is 1. The molecule has 1 rings (SSSR count). The van der Waals surface area contributed by atoms with E-state index in [1.807, 2.05) is 0 Å². The molecular weight excluding hydrogens is 262 g/mol. The molecule has 1 aliphatic rings. The van der Waals surface area contributed by atoms with E-state index in [-0.39, 0.29) is 5.91 Å². The van der Waals surface area contributed by atoms with E-state index in [1.54, 1.807) is 0 Å². The maximum absolute atomic E-state index is 10.7. The zero-order valence-electron chi connectivity index (χ0n) is 12.3. The summed E-state index contributed by atoms with van der Waals surface area (Å²) in [5, 5.41) is 11.0. The minimum atomic E-state index is -0.477. The van der Waals surface area contributed by atoms with Crippen molar-refractivity contribution in [2.24, 2.45) is 0 Å². The van der Waals surface area contributed by atoms with Crippen molar-refractivity contribution >= 4 is 5.91 Å². The average Bonchev–Trinajstić information content (AvgIpc) is 2.47. The van der Waals surface area contributed by atoms with Crippen LogP contribution in [-0.2, 0) is 14.3 Å². The van der Waals surface area contributed by atoms with E-state index >= 15 is 0 Å². The van der Waals surface area contributed by atoms with Crippen LogP contribution in [0.3, 0.4) is 0 Å². The molecule has 0 spiro atoms. The summed E-state index contributed by atoms with van der Waals surface area (Å²) < 4.78 is 10.8. The molecule has 0 aromatic carbocycles. The number of nitrogens with zero attached hydrogens (tertiary/aromatic N) is 2. The van der Waals surface area contributed by atoms with Crippen molar-refractivity contribution in [1.29, 1.82) is 0 Å². The normalized spacial score (nSPS) is 17.3. The predicted octanol–water partition coefficient (Wildman–Crippen LogP) is -1.62. The van der Waals surface area contributed by atoms with Crippen molar-refractivity contribution in [2.45, 2.75) is 0 Å². The van der Waals surface area contributed by atoms with Gasteiger partial charge in [0.1, 0.15) is 6.61 Å². The molecule has 0 aromatic heterocycles. The number of hydrogen-bond donors (Lipinski definition) is 2. The molecule has 1 saturated heterocycles. The second-order valence-corrected chi connectivity index (χ2v) is 4.88. The largest absolute Gasteiger partial charge is 0.387 e. The van der Waals surface area contributed by atoms with Crippen LogP contribution in [0.15, 0.2) is 0 Å². The topological polar surface area (TPSA) is 74.3 Å². The first-order valence-electron chi connectivity index (χ1n) is 7.16. The first-order valence-corrected chi connectivity index (χ1v) is 7.16. The highest BCUT2D eigenvalue weighted by Crippen LogP contribution is 1.98. The summed E-state index contributed by atoms with van der Waals surface area (Å²) in [7, 11) is 2.15. The Morgan fingerprint density at radius 1 is 1.10 bits per heavy atom. The fraction of sp³-hybridized carbons (Fsp3) is 0.923. The van der Waals surface area contributed by atoms with Gasteiger partial charge in [-0.3, -0.25) is 9.69 Å². The van der Waals surface area contributed by atoms with E-state index in [0.29, 0.717) is 26.4 Å². The monoisotopic (exact) mass is 289 g/mol. The molecular formula is C13H27N3O4. The third kappa shape index (κ3) is 8.44. The van der Waals surface area contributed by atoms with Gasteiger partial charge in [0, 0.05) is 39.3 Å². The molecule has 1 aliphatic heterocycles. The summed E-state index contributed by atoms with van der Waals surface area (Å²) in [5.74, 6) is -0.378. The maximum atomic E-state index is 10.7. The van der Waals surface area contributed by atoms with E-state index in [9.17, 15) is 4.79 Å². The molecule has 0 bridgehead atoms. The van der Waals surface area contributed by atoms with Gasteiger partial charge in [-0.25, -0.2) is 0 Å². The number of carbonyl (C=O) groups excluding carboxylic acids is 1. The Morgan fingerprint density at radius 3 is 2.40 bits per heavy atom. The molecule has 118 valence electrons. The number of amides is 1. The number of likely N-dealkylation sites (N-methyl/N-ethyl adjacent to an activating group) is 1. The Balaban J connectivity index is 1.80. The molecule has 0 atom stereocenters. The fourth-order valence-electron chi connectivity index (χ4n) is 1.91. The highest BCUT2D eigenvalue weighted by Gasteiger charge is 2.12. The molecule has 0 unspecified atom stereocenters. The summed E-state index contributed by atoms with van der Waals surface area (Å²) in [6.45, 7) is 7.66. The summed E-state index contributed by atoms with van der Waals surface area (Å²) in [6, 6.07) is 0. The van der Waals surface area contributed by atoms with Crippen LogP contribution in [0.4, 0.5) is 0 Å². The van der Waals surface area contributed by atoms with Gasteiger partial charge in [-0.15, -0.1) is 0 Å². The van der Waals surface area contributed by atoms with Crippen molar-refractivity contribution in [3.8, 4) is 0 Å². The van der Waals surface area contributed by atoms with Gasteiger partial charge in [0.25, 0.3) is 0 Å². The lowest BCUT2D eigenvalue weighted by molar-refractivity contribution is -0.124. The molecule has 0 radical (unpaired) electrons. The lowest BCUT2D eigenvalue weighted by Crippen LogP contribution is -2.45. The zero-order chi connectivity index (χ0) is 14.6. The molecule has 1 fully saturated rings. The second kappa shape index (κ2) is 11.0. The summed E-state index contributed by atoms with van der Waals surface area (Å²) in [6.07, 6.45) is 0. The maximum Gasteiger partial charge on any atom is 0.245 e. The van der Waals surface area contributed by atoms with Crippen molar-refractivity contribution in [2.75, 3.05) is 79.4 Å². The molecule has 0 aromatic rings. The number of piperazine rings is 1. The fourth-order valence-corrected chi connectivity index (χ4v) is 1.91. The summed E-state index contributed by atoms with van der Waals surface area (Å²) >= 11 is 0. The highest BCUT2D eigenvalue weighted by molar-refractivity contribution is 5.76. The van der Waals surface area contributed by atoms with E-state index < -0.39 is 6.61 Å². The van der Waals surface area contributed by atoms with Crippen LogP contribution in [0.2, 0.25) is 0 Å². The van der Waals surface area contributed by atoms with E-state index in [1.165, 1.54) is 0 Å². The predicted molar refractivity (Wildman–Crippen MR) is 75.7 cm³/mol. The van der Waals surface area contributed by atoms with Crippen molar-refractivity contribution in [3.05, 3.63) is 0 Å². The SMILES string of the molecule is CN1CCN(CCOCCOCCNC(=O)CO)CC1.